The molecule has 1 unspecified atom stereocenters. The van der Waals surface area contributed by atoms with Crippen molar-refractivity contribution in [3.8, 4) is 17.0 Å². The van der Waals surface area contributed by atoms with Gasteiger partial charge in [0.1, 0.15) is 5.75 Å². The molecule has 1 saturated heterocycles. The van der Waals surface area contributed by atoms with Crippen LogP contribution in [0.5, 0.6) is 5.75 Å². The minimum absolute atomic E-state index is 0.201. The lowest BCUT2D eigenvalue weighted by molar-refractivity contribution is 0.160. The van der Waals surface area contributed by atoms with E-state index in [1.807, 2.05) is 24.3 Å². The molecule has 23 heavy (non-hydrogen) atoms. The highest BCUT2D eigenvalue weighted by Crippen LogP contribution is 2.35. The van der Waals surface area contributed by atoms with E-state index in [0.29, 0.717) is 5.92 Å². The van der Waals surface area contributed by atoms with Gasteiger partial charge in [0.05, 0.1) is 25.1 Å². The topological polar surface area (TPSA) is 58.5 Å². The van der Waals surface area contributed by atoms with Crippen molar-refractivity contribution >= 4 is 0 Å². The number of piperidine rings is 1. The third-order valence-electron chi connectivity index (χ3n) is 4.40. The summed E-state index contributed by atoms with van der Waals surface area (Å²) in [7, 11) is 1.68. The molecular weight excluding hydrogens is 290 g/mol. The number of rotatable bonds is 5. The second-order valence-corrected chi connectivity index (χ2v) is 5.85. The lowest BCUT2D eigenvalue weighted by Crippen LogP contribution is -2.36. The van der Waals surface area contributed by atoms with Crippen molar-refractivity contribution in [2.75, 3.05) is 33.4 Å². The molecule has 1 fully saturated rings. The Balaban J connectivity index is 1.95. The average Bonchev–Trinajstić information content (AvgIpc) is 2.62. The number of β-amino-alcohol motifs (C(OH)–C–C–N with tert-alkyl or cyclic N) is 1. The van der Waals surface area contributed by atoms with Crippen molar-refractivity contribution in [3.05, 3.63) is 42.4 Å². The Kier molecular flexibility index (Phi) is 5.20. The summed E-state index contributed by atoms with van der Waals surface area (Å²) >= 11 is 0. The predicted octanol–water partition coefficient (Wildman–Crippen LogP) is 2.32. The van der Waals surface area contributed by atoms with E-state index >= 15 is 0 Å². The predicted molar refractivity (Wildman–Crippen MR) is 89.5 cm³/mol. The fourth-order valence-corrected chi connectivity index (χ4v) is 3.32. The SMILES string of the molecule is COc1ccccc1-c1nccnc1C1CCCN(CCO)C1. The Hall–Kier alpha value is -1.98. The Bertz CT molecular complexity index is 646. The lowest BCUT2D eigenvalue weighted by Gasteiger charge is -2.32. The molecule has 5 nitrogen and oxygen atoms in total. The number of para-hydroxylation sites is 1. The molecule has 0 saturated carbocycles. The molecule has 1 aromatic carbocycles. The van der Waals surface area contributed by atoms with Gasteiger partial charge >= 0.3 is 0 Å². The minimum Gasteiger partial charge on any atom is -0.496 e. The first-order valence-corrected chi connectivity index (χ1v) is 8.11. The number of benzene rings is 1. The van der Waals surface area contributed by atoms with E-state index in [1.54, 1.807) is 19.5 Å². The van der Waals surface area contributed by atoms with Crippen molar-refractivity contribution in [2.45, 2.75) is 18.8 Å². The summed E-state index contributed by atoms with van der Waals surface area (Å²) in [5.74, 6) is 1.15. The van der Waals surface area contributed by atoms with Crippen molar-refractivity contribution in [1.29, 1.82) is 0 Å². The molecule has 1 aliphatic rings. The van der Waals surface area contributed by atoms with Crippen LogP contribution in [-0.4, -0.2) is 53.3 Å². The zero-order valence-electron chi connectivity index (χ0n) is 13.5. The van der Waals surface area contributed by atoms with E-state index in [1.165, 1.54) is 0 Å². The summed E-state index contributed by atoms with van der Waals surface area (Å²) in [6.07, 6.45) is 5.72. The van der Waals surface area contributed by atoms with Crippen LogP contribution < -0.4 is 4.74 Å². The van der Waals surface area contributed by atoms with Gasteiger partial charge in [0.15, 0.2) is 0 Å². The summed E-state index contributed by atoms with van der Waals surface area (Å²) in [5, 5.41) is 9.19. The van der Waals surface area contributed by atoms with Crippen LogP contribution in [0.3, 0.4) is 0 Å². The van der Waals surface area contributed by atoms with Crippen LogP contribution in [0, 0.1) is 0 Å². The molecule has 5 heteroatoms. The van der Waals surface area contributed by atoms with E-state index in [-0.39, 0.29) is 6.61 Å². The number of methoxy groups -OCH3 is 1. The third kappa shape index (κ3) is 3.51. The van der Waals surface area contributed by atoms with Crippen molar-refractivity contribution < 1.29 is 9.84 Å². The van der Waals surface area contributed by atoms with Crippen molar-refractivity contribution in [3.63, 3.8) is 0 Å². The van der Waals surface area contributed by atoms with Gasteiger partial charge in [-0.05, 0) is 31.5 Å². The van der Waals surface area contributed by atoms with Gasteiger partial charge < -0.3 is 14.7 Å². The molecule has 1 atom stereocenters. The first-order chi connectivity index (χ1) is 11.3. The third-order valence-corrected chi connectivity index (χ3v) is 4.40. The molecule has 1 N–H and O–H groups in total. The minimum atomic E-state index is 0.201. The summed E-state index contributed by atoms with van der Waals surface area (Å²) < 4.78 is 5.49. The average molecular weight is 313 g/mol. The second kappa shape index (κ2) is 7.53. The number of hydrogen-bond acceptors (Lipinski definition) is 5. The molecule has 0 spiro atoms. The molecular formula is C18H23N3O2. The number of aliphatic hydroxyl groups excluding tert-OH is 1. The van der Waals surface area contributed by atoms with Crippen LogP contribution in [0.1, 0.15) is 24.5 Å². The Morgan fingerprint density at radius 1 is 1.26 bits per heavy atom. The van der Waals surface area contributed by atoms with E-state index in [0.717, 1.165) is 55.2 Å². The maximum atomic E-state index is 9.19. The molecule has 2 heterocycles. The molecule has 1 aromatic heterocycles. The van der Waals surface area contributed by atoms with Gasteiger partial charge in [-0.1, -0.05) is 12.1 Å². The lowest BCUT2D eigenvalue weighted by atomic mass is 9.91. The summed E-state index contributed by atoms with van der Waals surface area (Å²) in [4.78, 5) is 11.5. The molecule has 0 bridgehead atoms. The molecule has 0 amide bonds. The zero-order chi connectivity index (χ0) is 16.1. The summed E-state index contributed by atoms with van der Waals surface area (Å²) in [5.41, 5.74) is 2.91. The molecule has 122 valence electrons. The number of aliphatic hydroxyl groups is 1. The van der Waals surface area contributed by atoms with Crippen LogP contribution in [0.15, 0.2) is 36.7 Å². The summed E-state index contributed by atoms with van der Waals surface area (Å²) in [6.45, 7) is 2.88. The fourth-order valence-electron chi connectivity index (χ4n) is 3.32. The largest absolute Gasteiger partial charge is 0.496 e. The number of likely N-dealkylation sites (tertiary alicyclic amines) is 1. The van der Waals surface area contributed by atoms with E-state index in [9.17, 15) is 5.11 Å². The number of nitrogens with zero attached hydrogens (tertiary/aromatic N) is 3. The van der Waals surface area contributed by atoms with Gasteiger partial charge in [-0.25, -0.2) is 0 Å². The first-order valence-electron chi connectivity index (χ1n) is 8.11. The Morgan fingerprint density at radius 3 is 2.91 bits per heavy atom. The normalized spacial score (nSPS) is 18.8. The van der Waals surface area contributed by atoms with Crippen molar-refractivity contribution in [1.82, 2.24) is 14.9 Å². The smallest absolute Gasteiger partial charge is 0.128 e. The highest BCUT2D eigenvalue weighted by Gasteiger charge is 2.25. The molecule has 3 rings (SSSR count). The van der Waals surface area contributed by atoms with E-state index in [4.69, 9.17) is 4.74 Å². The van der Waals surface area contributed by atoms with E-state index < -0.39 is 0 Å². The molecule has 1 aliphatic heterocycles. The van der Waals surface area contributed by atoms with Crippen LogP contribution in [-0.2, 0) is 0 Å². The zero-order valence-corrected chi connectivity index (χ0v) is 13.5. The maximum Gasteiger partial charge on any atom is 0.128 e. The number of aromatic nitrogens is 2. The Labute approximate surface area is 137 Å². The number of ether oxygens (including phenoxy) is 1. The second-order valence-electron chi connectivity index (χ2n) is 5.85. The fraction of sp³-hybridized carbons (Fsp3) is 0.444. The van der Waals surface area contributed by atoms with Crippen molar-refractivity contribution in [2.24, 2.45) is 0 Å². The molecule has 2 aromatic rings. The van der Waals surface area contributed by atoms with Gasteiger partial charge in [-0.15, -0.1) is 0 Å². The number of hydrogen-bond donors (Lipinski definition) is 1. The quantitative estimate of drug-likeness (QED) is 0.918. The highest BCUT2D eigenvalue weighted by molar-refractivity contribution is 5.69. The van der Waals surface area contributed by atoms with Gasteiger partial charge in [0.2, 0.25) is 0 Å². The van der Waals surface area contributed by atoms with Gasteiger partial charge in [-0.3, -0.25) is 9.97 Å². The van der Waals surface area contributed by atoms with Crippen LogP contribution in [0.4, 0.5) is 0 Å². The molecule has 0 aliphatic carbocycles. The van der Waals surface area contributed by atoms with Gasteiger partial charge in [0, 0.05) is 37.0 Å². The van der Waals surface area contributed by atoms with E-state index in [2.05, 4.69) is 14.9 Å². The molecule has 0 radical (unpaired) electrons. The monoisotopic (exact) mass is 313 g/mol. The Morgan fingerprint density at radius 2 is 2.09 bits per heavy atom. The maximum absolute atomic E-state index is 9.19. The van der Waals surface area contributed by atoms with Crippen LogP contribution in [0.25, 0.3) is 11.3 Å². The van der Waals surface area contributed by atoms with Gasteiger partial charge in [0.25, 0.3) is 0 Å². The standard InChI is InChI=1S/C18H23N3O2/c1-23-16-7-3-2-6-15(16)18-17(19-8-9-20-18)14-5-4-10-21(13-14)11-12-22/h2-3,6-9,14,22H,4-5,10-13H2,1H3. The van der Waals surface area contributed by atoms with Crippen LogP contribution in [0.2, 0.25) is 0 Å². The van der Waals surface area contributed by atoms with Crippen LogP contribution >= 0.6 is 0 Å². The highest BCUT2D eigenvalue weighted by atomic mass is 16.5. The summed E-state index contributed by atoms with van der Waals surface area (Å²) in [6, 6.07) is 7.94. The van der Waals surface area contributed by atoms with Gasteiger partial charge in [-0.2, -0.15) is 0 Å². The first kappa shape index (κ1) is 15.9.